The molecule has 0 spiro atoms. The average molecular weight is 321 g/mol. The fourth-order valence-electron chi connectivity index (χ4n) is 1.72. The highest BCUT2D eigenvalue weighted by Gasteiger charge is 2.22. The normalized spacial score (nSPS) is 18.6. The van der Waals surface area contributed by atoms with E-state index in [1.807, 2.05) is 12.1 Å². The van der Waals surface area contributed by atoms with Crippen LogP contribution in [-0.2, 0) is 16.1 Å². The third-order valence-electron chi connectivity index (χ3n) is 2.61. The van der Waals surface area contributed by atoms with Crippen molar-refractivity contribution in [1.82, 2.24) is 5.32 Å². The zero-order valence-corrected chi connectivity index (χ0v) is 11.7. The van der Waals surface area contributed by atoms with E-state index in [4.69, 9.17) is 4.74 Å². The van der Waals surface area contributed by atoms with Gasteiger partial charge in [-0.25, -0.2) is 0 Å². The van der Waals surface area contributed by atoms with Crippen molar-refractivity contribution in [3.05, 3.63) is 34.3 Å². The molecule has 0 amide bonds. The van der Waals surface area contributed by atoms with Crippen LogP contribution in [0, 0.1) is 5.92 Å². The van der Waals surface area contributed by atoms with E-state index < -0.39 is 0 Å². The number of hydrogen-bond acceptors (Lipinski definition) is 3. The molecule has 0 aliphatic carbocycles. The van der Waals surface area contributed by atoms with Gasteiger partial charge in [-0.1, -0.05) is 28.1 Å². The van der Waals surface area contributed by atoms with Crippen LogP contribution < -0.4 is 5.32 Å². The van der Waals surface area contributed by atoms with E-state index in [2.05, 4.69) is 33.4 Å². The van der Waals surface area contributed by atoms with Crippen molar-refractivity contribution in [3.63, 3.8) is 0 Å². The molecule has 2 rings (SSSR count). The number of rotatable bonds is 4. The summed E-state index contributed by atoms with van der Waals surface area (Å²) >= 11 is 3.40. The first kappa shape index (κ1) is 14.5. The molecular formula is C12H15BrClNO2. The van der Waals surface area contributed by atoms with Crippen molar-refractivity contribution in [2.24, 2.45) is 5.92 Å². The summed E-state index contributed by atoms with van der Waals surface area (Å²) in [7, 11) is 0. The Morgan fingerprint density at radius 1 is 1.35 bits per heavy atom. The monoisotopic (exact) mass is 319 g/mol. The van der Waals surface area contributed by atoms with Crippen LogP contribution >= 0.6 is 28.3 Å². The van der Waals surface area contributed by atoms with E-state index in [0.29, 0.717) is 18.9 Å². The van der Waals surface area contributed by atoms with Gasteiger partial charge in [-0.3, -0.25) is 4.79 Å². The number of hydrogen-bond donors (Lipinski definition) is 1. The number of cyclic esters (lactones) is 1. The summed E-state index contributed by atoms with van der Waals surface area (Å²) in [5.74, 6) is 0.262. The van der Waals surface area contributed by atoms with Crippen LogP contribution in [0.4, 0.5) is 0 Å². The highest BCUT2D eigenvalue weighted by atomic mass is 79.9. The molecule has 1 unspecified atom stereocenters. The third kappa shape index (κ3) is 4.66. The predicted octanol–water partition coefficient (Wildman–Crippen LogP) is 2.52. The molecule has 1 fully saturated rings. The van der Waals surface area contributed by atoms with Gasteiger partial charge >= 0.3 is 5.97 Å². The number of ether oxygens (including phenoxy) is 1. The van der Waals surface area contributed by atoms with E-state index in [1.54, 1.807) is 0 Å². The molecule has 1 aliphatic heterocycles. The highest BCUT2D eigenvalue weighted by molar-refractivity contribution is 9.10. The molecule has 0 radical (unpaired) electrons. The number of benzene rings is 1. The first-order valence-corrected chi connectivity index (χ1v) is 6.14. The maximum atomic E-state index is 10.9. The predicted molar refractivity (Wildman–Crippen MR) is 72.2 cm³/mol. The summed E-state index contributed by atoms with van der Waals surface area (Å²) in [6, 6.07) is 8.21. The molecular weight excluding hydrogens is 305 g/mol. The Kier molecular flexibility index (Phi) is 5.95. The van der Waals surface area contributed by atoms with Gasteiger partial charge < -0.3 is 10.1 Å². The zero-order chi connectivity index (χ0) is 11.4. The number of carbonyl (C=O) groups excluding carboxylic acids is 1. The van der Waals surface area contributed by atoms with Crippen LogP contribution in [0.1, 0.15) is 12.0 Å². The Hall–Kier alpha value is -0.580. The molecule has 0 bridgehead atoms. The fraction of sp³-hybridized carbons (Fsp3) is 0.417. The van der Waals surface area contributed by atoms with Crippen molar-refractivity contribution < 1.29 is 9.53 Å². The lowest BCUT2D eigenvalue weighted by Gasteiger charge is -2.08. The summed E-state index contributed by atoms with van der Waals surface area (Å²) in [5, 5.41) is 3.34. The minimum atomic E-state index is -0.0737. The largest absolute Gasteiger partial charge is 0.465 e. The minimum Gasteiger partial charge on any atom is -0.465 e. The Labute approximate surface area is 115 Å². The van der Waals surface area contributed by atoms with Gasteiger partial charge in [0.2, 0.25) is 0 Å². The van der Waals surface area contributed by atoms with Gasteiger partial charge in [-0.05, 0) is 17.7 Å². The molecule has 3 nitrogen and oxygen atoms in total. The maximum absolute atomic E-state index is 10.9. The van der Waals surface area contributed by atoms with Crippen LogP contribution in [0.3, 0.4) is 0 Å². The summed E-state index contributed by atoms with van der Waals surface area (Å²) in [4.78, 5) is 10.9. The minimum absolute atomic E-state index is 0. The molecule has 1 aromatic rings. The molecule has 1 saturated heterocycles. The highest BCUT2D eigenvalue weighted by Crippen LogP contribution is 2.13. The average Bonchev–Trinajstić information content (AvgIpc) is 2.67. The Bertz CT molecular complexity index is 369. The van der Waals surface area contributed by atoms with Gasteiger partial charge in [0, 0.05) is 23.5 Å². The van der Waals surface area contributed by atoms with Crippen molar-refractivity contribution in [3.8, 4) is 0 Å². The Balaban J connectivity index is 0.00000144. The lowest BCUT2D eigenvalue weighted by Crippen LogP contribution is -2.22. The molecule has 1 aromatic carbocycles. The van der Waals surface area contributed by atoms with Gasteiger partial charge in [0.05, 0.1) is 13.0 Å². The maximum Gasteiger partial charge on any atom is 0.306 e. The molecule has 5 heteroatoms. The van der Waals surface area contributed by atoms with Crippen molar-refractivity contribution in [1.29, 1.82) is 0 Å². The van der Waals surface area contributed by atoms with E-state index in [1.165, 1.54) is 5.56 Å². The molecule has 17 heavy (non-hydrogen) atoms. The second-order valence-electron chi connectivity index (χ2n) is 4.01. The quantitative estimate of drug-likeness (QED) is 0.866. The summed E-state index contributed by atoms with van der Waals surface area (Å²) in [5.41, 5.74) is 1.24. The zero-order valence-electron chi connectivity index (χ0n) is 9.32. The molecule has 1 aliphatic rings. The summed E-state index contributed by atoms with van der Waals surface area (Å²) in [6.45, 7) is 2.23. The van der Waals surface area contributed by atoms with Gasteiger partial charge in [0.1, 0.15) is 0 Å². The Morgan fingerprint density at radius 3 is 2.65 bits per heavy atom. The second-order valence-corrected chi connectivity index (χ2v) is 4.93. The summed E-state index contributed by atoms with van der Waals surface area (Å²) in [6.07, 6.45) is 0.549. The lowest BCUT2D eigenvalue weighted by atomic mass is 10.1. The second kappa shape index (κ2) is 6.99. The van der Waals surface area contributed by atoms with Crippen LogP contribution in [0.5, 0.6) is 0 Å². The van der Waals surface area contributed by atoms with Crippen molar-refractivity contribution >= 4 is 34.3 Å². The van der Waals surface area contributed by atoms with E-state index >= 15 is 0 Å². The van der Waals surface area contributed by atoms with E-state index in [0.717, 1.165) is 17.6 Å². The van der Waals surface area contributed by atoms with Crippen LogP contribution in [0.15, 0.2) is 28.7 Å². The third-order valence-corrected chi connectivity index (χ3v) is 3.14. The van der Waals surface area contributed by atoms with E-state index in [-0.39, 0.29) is 18.4 Å². The van der Waals surface area contributed by atoms with Crippen LogP contribution in [0.25, 0.3) is 0 Å². The smallest absolute Gasteiger partial charge is 0.306 e. The Morgan fingerprint density at radius 2 is 2.06 bits per heavy atom. The lowest BCUT2D eigenvalue weighted by molar-refractivity contribution is -0.137. The van der Waals surface area contributed by atoms with Crippen molar-refractivity contribution in [2.75, 3.05) is 13.2 Å². The number of nitrogens with one attached hydrogen (secondary N) is 1. The van der Waals surface area contributed by atoms with Gasteiger partial charge in [-0.15, -0.1) is 12.4 Å². The molecule has 0 saturated carbocycles. The number of esters is 1. The van der Waals surface area contributed by atoms with Crippen LogP contribution in [0.2, 0.25) is 0 Å². The molecule has 0 aromatic heterocycles. The SMILES string of the molecule is Cl.O=C1CC(CNCc2ccc(Br)cc2)CO1. The van der Waals surface area contributed by atoms with Crippen LogP contribution in [-0.4, -0.2) is 19.1 Å². The first-order valence-electron chi connectivity index (χ1n) is 5.35. The topological polar surface area (TPSA) is 38.3 Å². The standard InChI is InChI=1S/C12H14BrNO2.ClH/c13-11-3-1-9(2-4-11)6-14-7-10-5-12(15)16-8-10;/h1-4,10,14H,5-8H2;1H. The molecule has 1 N–H and O–H groups in total. The molecule has 1 atom stereocenters. The van der Waals surface area contributed by atoms with Gasteiger partial charge in [0.15, 0.2) is 0 Å². The molecule has 94 valence electrons. The van der Waals surface area contributed by atoms with E-state index in [9.17, 15) is 4.79 Å². The fourth-order valence-corrected chi connectivity index (χ4v) is 1.98. The van der Waals surface area contributed by atoms with Gasteiger partial charge in [-0.2, -0.15) is 0 Å². The van der Waals surface area contributed by atoms with Gasteiger partial charge in [0.25, 0.3) is 0 Å². The molecule has 1 heterocycles. The summed E-state index contributed by atoms with van der Waals surface area (Å²) < 4.78 is 5.99. The van der Waals surface area contributed by atoms with Crippen molar-refractivity contribution in [2.45, 2.75) is 13.0 Å². The number of carbonyl (C=O) groups is 1. The number of halogens is 2. The first-order chi connectivity index (χ1) is 7.74.